The van der Waals surface area contributed by atoms with Crippen LogP contribution >= 0.6 is 23.2 Å². The van der Waals surface area contributed by atoms with Crippen molar-refractivity contribution in [2.24, 2.45) is 0 Å². The van der Waals surface area contributed by atoms with Crippen molar-refractivity contribution >= 4 is 39.1 Å². The van der Waals surface area contributed by atoms with Gasteiger partial charge in [-0.05, 0) is 24.6 Å². The summed E-state index contributed by atoms with van der Waals surface area (Å²) in [5.74, 6) is -0.0428. The van der Waals surface area contributed by atoms with E-state index in [0.29, 0.717) is 31.1 Å². The molecule has 1 fully saturated rings. The van der Waals surface area contributed by atoms with Gasteiger partial charge in [-0.25, -0.2) is 8.42 Å². The minimum absolute atomic E-state index is 0.0428. The SMILES string of the molecule is CC(=O)N1CCCN(S(=O)(=O)c2ccc(Cl)cc2Cl)CC1. The Labute approximate surface area is 134 Å². The van der Waals surface area contributed by atoms with Gasteiger partial charge in [0.1, 0.15) is 4.90 Å². The van der Waals surface area contributed by atoms with Crippen molar-refractivity contribution in [2.45, 2.75) is 18.2 Å². The number of carbonyl (C=O) groups is 1. The highest BCUT2D eigenvalue weighted by molar-refractivity contribution is 7.89. The molecule has 0 unspecified atom stereocenters. The topological polar surface area (TPSA) is 57.7 Å². The lowest BCUT2D eigenvalue weighted by Gasteiger charge is -2.21. The fourth-order valence-corrected chi connectivity index (χ4v) is 4.49. The second kappa shape index (κ2) is 6.52. The van der Waals surface area contributed by atoms with E-state index < -0.39 is 10.0 Å². The highest BCUT2D eigenvalue weighted by Gasteiger charge is 2.29. The number of nitrogens with zero attached hydrogens (tertiary/aromatic N) is 2. The second-order valence-electron chi connectivity index (χ2n) is 4.84. The molecule has 21 heavy (non-hydrogen) atoms. The van der Waals surface area contributed by atoms with Gasteiger partial charge >= 0.3 is 0 Å². The van der Waals surface area contributed by atoms with Crippen LogP contribution in [0.5, 0.6) is 0 Å². The second-order valence-corrected chi connectivity index (χ2v) is 7.59. The van der Waals surface area contributed by atoms with Crippen LogP contribution in [0.15, 0.2) is 23.1 Å². The maximum Gasteiger partial charge on any atom is 0.244 e. The van der Waals surface area contributed by atoms with Crippen molar-refractivity contribution in [2.75, 3.05) is 26.2 Å². The molecule has 2 rings (SSSR count). The number of amides is 1. The van der Waals surface area contributed by atoms with Gasteiger partial charge in [-0.2, -0.15) is 4.31 Å². The Hall–Kier alpha value is -0.820. The van der Waals surface area contributed by atoms with Crippen molar-refractivity contribution in [3.63, 3.8) is 0 Å². The van der Waals surface area contributed by atoms with E-state index in [1.807, 2.05) is 0 Å². The third kappa shape index (κ3) is 3.69. The van der Waals surface area contributed by atoms with Crippen molar-refractivity contribution in [3.05, 3.63) is 28.2 Å². The molecule has 1 heterocycles. The van der Waals surface area contributed by atoms with E-state index >= 15 is 0 Å². The van der Waals surface area contributed by atoms with E-state index in [1.165, 1.54) is 29.4 Å². The van der Waals surface area contributed by atoms with Gasteiger partial charge in [-0.1, -0.05) is 23.2 Å². The molecule has 0 bridgehead atoms. The molecule has 0 aliphatic carbocycles. The number of hydrogen-bond donors (Lipinski definition) is 0. The molecule has 0 spiro atoms. The fraction of sp³-hybridized carbons (Fsp3) is 0.462. The quantitative estimate of drug-likeness (QED) is 0.821. The molecule has 0 radical (unpaired) electrons. The summed E-state index contributed by atoms with van der Waals surface area (Å²) in [6.07, 6.45) is 0.601. The summed E-state index contributed by atoms with van der Waals surface area (Å²) in [4.78, 5) is 13.1. The van der Waals surface area contributed by atoms with Crippen LogP contribution in [0.1, 0.15) is 13.3 Å². The van der Waals surface area contributed by atoms with Crippen LogP contribution in [0, 0.1) is 0 Å². The number of sulfonamides is 1. The van der Waals surface area contributed by atoms with Gasteiger partial charge in [-0.3, -0.25) is 4.79 Å². The van der Waals surface area contributed by atoms with Crippen LogP contribution in [-0.2, 0) is 14.8 Å². The van der Waals surface area contributed by atoms with Gasteiger partial charge in [0, 0.05) is 38.1 Å². The van der Waals surface area contributed by atoms with Gasteiger partial charge in [-0.15, -0.1) is 0 Å². The fourth-order valence-electron chi connectivity index (χ4n) is 2.27. The Kier molecular flexibility index (Phi) is 5.14. The molecule has 8 heteroatoms. The maximum absolute atomic E-state index is 12.6. The zero-order valence-electron chi connectivity index (χ0n) is 11.6. The molecule has 1 saturated heterocycles. The van der Waals surface area contributed by atoms with Gasteiger partial charge in [0.25, 0.3) is 0 Å². The lowest BCUT2D eigenvalue weighted by Crippen LogP contribution is -2.36. The van der Waals surface area contributed by atoms with E-state index in [9.17, 15) is 13.2 Å². The highest BCUT2D eigenvalue weighted by Crippen LogP contribution is 2.28. The molecule has 0 atom stereocenters. The van der Waals surface area contributed by atoms with Crippen molar-refractivity contribution in [1.82, 2.24) is 9.21 Å². The molecule has 1 amide bonds. The molecule has 0 N–H and O–H groups in total. The van der Waals surface area contributed by atoms with Crippen LogP contribution in [0.4, 0.5) is 0 Å². The van der Waals surface area contributed by atoms with Crippen LogP contribution in [0.3, 0.4) is 0 Å². The molecule has 1 aromatic carbocycles. The van der Waals surface area contributed by atoms with Crippen molar-refractivity contribution < 1.29 is 13.2 Å². The molecule has 1 aliphatic rings. The minimum Gasteiger partial charge on any atom is -0.342 e. The first kappa shape index (κ1) is 16.5. The Morgan fingerprint density at radius 3 is 2.48 bits per heavy atom. The van der Waals surface area contributed by atoms with E-state index in [4.69, 9.17) is 23.2 Å². The number of halogens is 2. The predicted octanol–water partition coefficient (Wildman–Crippen LogP) is 2.24. The zero-order chi connectivity index (χ0) is 15.6. The predicted molar refractivity (Wildman–Crippen MR) is 82.1 cm³/mol. The minimum atomic E-state index is -3.68. The Morgan fingerprint density at radius 1 is 1.14 bits per heavy atom. The third-order valence-corrected chi connectivity index (χ3v) is 6.03. The monoisotopic (exact) mass is 350 g/mol. The zero-order valence-corrected chi connectivity index (χ0v) is 13.9. The summed E-state index contributed by atoms with van der Waals surface area (Å²) in [5, 5.41) is 0.493. The Balaban J connectivity index is 2.25. The molecule has 1 aromatic rings. The normalized spacial score (nSPS) is 17.6. The van der Waals surface area contributed by atoms with Gasteiger partial charge in [0.05, 0.1) is 5.02 Å². The van der Waals surface area contributed by atoms with E-state index in [2.05, 4.69) is 0 Å². The molecular formula is C13H16Cl2N2O3S. The van der Waals surface area contributed by atoms with E-state index in [1.54, 1.807) is 4.90 Å². The van der Waals surface area contributed by atoms with Crippen LogP contribution in [0.25, 0.3) is 0 Å². The summed E-state index contributed by atoms with van der Waals surface area (Å²) >= 11 is 11.8. The summed E-state index contributed by atoms with van der Waals surface area (Å²) in [6.45, 7) is 3.07. The number of rotatable bonds is 2. The molecule has 1 aliphatic heterocycles. The van der Waals surface area contributed by atoms with Gasteiger partial charge < -0.3 is 4.90 Å². The van der Waals surface area contributed by atoms with Crippen LogP contribution in [-0.4, -0.2) is 49.7 Å². The molecule has 116 valence electrons. The lowest BCUT2D eigenvalue weighted by molar-refractivity contribution is -0.128. The largest absolute Gasteiger partial charge is 0.342 e. The molecule has 0 aromatic heterocycles. The average molecular weight is 351 g/mol. The Bertz CT molecular complexity index is 649. The average Bonchev–Trinajstić information content (AvgIpc) is 2.64. The first-order valence-electron chi connectivity index (χ1n) is 6.53. The number of carbonyl (C=O) groups excluding carboxylic acids is 1. The van der Waals surface area contributed by atoms with Crippen LogP contribution < -0.4 is 0 Å². The van der Waals surface area contributed by atoms with E-state index in [-0.39, 0.29) is 22.4 Å². The summed E-state index contributed by atoms with van der Waals surface area (Å²) in [5.41, 5.74) is 0. The van der Waals surface area contributed by atoms with Crippen LogP contribution in [0.2, 0.25) is 10.0 Å². The molecular weight excluding hydrogens is 335 g/mol. The first-order valence-corrected chi connectivity index (χ1v) is 8.72. The van der Waals surface area contributed by atoms with Gasteiger partial charge in [0.2, 0.25) is 15.9 Å². The maximum atomic E-state index is 12.6. The smallest absolute Gasteiger partial charge is 0.244 e. The summed E-state index contributed by atoms with van der Waals surface area (Å²) in [6, 6.07) is 4.32. The lowest BCUT2D eigenvalue weighted by atomic mass is 10.4. The van der Waals surface area contributed by atoms with E-state index in [0.717, 1.165) is 0 Å². The standard InChI is InChI=1S/C13H16Cl2N2O3S/c1-10(18)16-5-2-6-17(8-7-16)21(19,20)13-4-3-11(14)9-12(13)15/h3-4,9H,2,5-8H2,1H3. The third-order valence-electron chi connectivity index (χ3n) is 3.41. The first-order chi connectivity index (χ1) is 9.82. The highest BCUT2D eigenvalue weighted by atomic mass is 35.5. The van der Waals surface area contributed by atoms with Crippen molar-refractivity contribution in [1.29, 1.82) is 0 Å². The van der Waals surface area contributed by atoms with Gasteiger partial charge in [0.15, 0.2) is 0 Å². The van der Waals surface area contributed by atoms with Crippen molar-refractivity contribution in [3.8, 4) is 0 Å². The number of benzene rings is 1. The molecule has 0 saturated carbocycles. The summed E-state index contributed by atoms with van der Waals surface area (Å²) < 4.78 is 26.7. The summed E-state index contributed by atoms with van der Waals surface area (Å²) in [7, 11) is -3.68. The molecule has 5 nitrogen and oxygen atoms in total. The number of hydrogen-bond acceptors (Lipinski definition) is 3. The Morgan fingerprint density at radius 2 is 1.86 bits per heavy atom.